The van der Waals surface area contributed by atoms with E-state index in [1.165, 1.54) is 31.4 Å². The number of methoxy groups -OCH3 is 1. The molecule has 0 unspecified atom stereocenters. The summed E-state index contributed by atoms with van der Waals surface area (Å²) in [5, 5.41) is 21.0. The largest absolute Gasteiger partial charge is 0.507 e. The lowest BCUT2D eigenvalue weighted by Crippen LogP contribution is -2.12. The molecule has 0 radical (unpaired) electrons. The molecular weight excluding hydrogens is 326 g/mol. The molecule has 0 fully saturated rings. The number of H-pyrrole nitrogens is 1. The van der Waals surface area contributed by atoms with Gasteiger partial charge in [0.1, 0.15) is 17.2 Å². The maximum atomic E-state index is 12.1. The molecule has 0 spiro atoms. The van der Waals surface area contributed by atoms with Crippen molar-refractivity contribution in [3.63, 3.8) is 0 Å². The third-order valence-corrected chi connectivity index (χ3v) is 3.57. The van der Waals surface area contributed by atoms with Crippen LogP contribution in [0.2, 0.25) is 0 Å². The Balaban J connectivity index is 2.02. The summed E-state index contributed by atoms with van der Waals surface area (Å²) in [7, 11) is 1.54. The highest BCUT2D eigenvalue weighted by Gasteiger charge is 2.10. The molecular formula is C17H13N3O5. The van der Waals surface area contributed by atoms with Crippen molar-refractivity contribution >= 4 is 28.6 Å². The van der Waals surface area contributed by atoms with E-state index in [4.69, 9.17) is 4.74 Å². The molecule has 3 aromatic rings. The molecule has 0 bridgehead atoms. The second kappa shape index (κ2) is 6.44. The Kier molecular flexibility index (Phi) is 4.17. The average molecular weight is 339 g/mol. The van der Waals surface area contributed by atoms with Crippen LogP contribution in [0.5, 0.6) is 5.75 Å². The summed E-state index contributed by atoms with van der Waals surface area (Å²) in [5.41, 5.74) is 0.405. The Morgan fingerprint density at radius 2 is 2.00 bits per heavy atom. The maximum Gasteiger partial charge on any atom is 0.274 e. The predicted octanol–water partition coefficient (Wildman–Crippen LogP) is 2.90. The summed E-state index contributed by atoms with van der Waals surface area (Å²) in [4.78, 5) is 29.0. The Labute approximate surface area is 141 Å². The molecule has 0 atom stereocenters. The molecule has 8 heteroatoms. The first-order valence-corrected chi connectivity index (χ1v) is 7.21. The third kappa shape index (κ3) is 3.32. The van der Waals surface area contributed by atoms with E-state index < -0.39 is 10.5 Å². The maximum absolute atomic E-state index is 12.1. The number of fused-ring (bicyclic) bond motifs is 1. The molecule has 1 heterocycles. The number of aliphatic hydroxyl groups is 1. The van der Waals surface area contributed by atoms with Gasteiger partial charge in [0.15, 0.2) is 0 Å². The van der Waals surface area contributed by atoms with Gasteiger partial charge < -0.3 is 14.8 Å². The van der Waals surface area contributed by atoms with Crippen molar-refractivity contribution < 1.29 is 14.8 Å². The number of nitrogens with one attached hydrogen (secondary N) is 1. The molecule has 0 saturated heterocycles. The summed E-state index contributed by atoms with van der Waals surface area (Å²) in [6.45, 7) is 0. The molecule has 0 amide bonds. The van der Waals surface area contributed by atoms with E-state index in [1.807, 2.05) is 0 Å². The normalized spacial score (nSPS) is 11.5. The van der Waals surface area contributed by atoms with Crippen LogP contribution < -0.4 is 10.3 Å². The van der Waals surface area contributed by atoms with Crippen LogP contribution >= 0.6 is 0 Å². The van der Waals surface area contributed by atoms with E-state index in [2.05, 4.69) is 9.97 Å². The van der Waals surface area contributed by atoms with Crippen molar-refractivity contribution in [2.75, 3.05) is 7.11 Å². The second-order valence-corrected chi connectivity index (χ2v) is 5.17. The number of rotatable bonds is 4. The zero-order chi connectivity index (χ0) is 18.0. The summed E-state index contributed by atoms with van der Waals surface area (Å²) in [5.74, 6) is 0.502. The first-order valence-electron chi connectivity index (χ1n) is 7.21. The molecule has 0 aliphatic heterocycles. The van der Waals surface area contributed by atoms with E-state index in [0.29, 0.717) is 16.8 Å². The number of nitro benzene ring substituents is 1. The first kappa shape index (κ1) is 16.2. The van der Waals surface area contributed by atoms with Crippen LogP contribution in [-0.2, 0) is 0 Å². The van der Waals surface area contributed by atoms with Crippen LogP contribution in [-0.4, -0.2) is 27.1 Å². The average Bonchev–Trinajstić information content (AvgIpc) is 2.61. The number of nitro groups is 1. The lowest BCUT2D eigenvalue weighted by molar-refractivity contribution is -0.384. The zero-order valence-electron chi connectivity index (χ0n) is 13.1. The molecule has 1 aromatic heterocycles. The number of benzene rings is 2. The molecule has 0 aliphatic rings. The Hall–Kier alpha value is -3.68. The van der Waals surface area contributed by atoms with Gasteiger partial charge in [-0.3, -0.25) is 14.9 Å². The highest BCUT2D eigenvalue weighted by Crippen LogP contribution is 2.20. The van der Waals surface area contributed by atoms with Crippen LogP contribution in [0.15, 0.2) is 47.3 Å². The van der Waals surface area contributed by atoms with Gasteiger partial charge in [0.2, 0.25) is 0 Å². The molecule has 2 aromatic carbocycles. The topological polar surface area (TPSA) is 118 Å². The first-order chi connectivity index (χ1) is 12.0. The van der Waals surface area contributed by atoms with Crippen LogP contribution in [0.25, 0.3) is 22.9 Å². The molecule has 2 N–H and O–H groups in total. The van der Waals surface area contributed by atoms with E-state index in [1.54, 1.807) is 24.3 Å². The lowest BCUT2D eigenvalue weighted by atomic mass is 10.1. The smallest absolute Gasteiger partial charge is 0.274 e. The summed E-state index contributed by atoms with van der Waals surface area (Å²) in [6.07, 6.45) is 1.24. The molecule has 126 valence electrons. The standard InChI is InChI=1S/C17H13N3O5/c1-25-12-5-2-10(3-6-12)16(21)9-15-17(22)19-14-8-11(20(23)24)4-7-13(14)18-15/h2-9,21H,1H3,(H,19,22)/b16-9-. The van der Waals surface area contributed by atoms with Gasteiger partial charge in [0, 0.05) is 23.8 Å². The van der Waals surface area contributed by atoms with Gasteiger partial charge in [-0.15, -0.1) is 0 Å². The minimum atomic E-state index is -0.562. The Bertz CT molecular complexity index is 1040. The number of aliphatic hydroxyl groups excluding tert-OH is 1. The van der Waals surface area contributed by atoms with Crippen LogP contribution in [0, 0.1) is 10.1 Å². The molecule has 3 rings (SSSR count). The number of hydrogen-bond donors (Lipinski definition) is 2. The fraction of sp³-hybridized carbons (Fsp3) is 0.0588. The fourth-order valence-corrected chi connectivity index (χ4v) is 2.27. The minimum absolute atomic E-state index is 0.00493. The third-order valence-electron chi connectivity index (χ3n) is 3.57. The second-order valence-electron chi connectivity index (χ2n) is 5.17. The van der Waals surface area contributed by atoms with Gasteiger partial charge in [0.05, 0.1) is 23.1 Å². The fourth-order valence-electron chi connectivity index (χ4n) is 2.27. The van der Waals surface area contributed by atoms with Crippen LogP contribution in [0.1, 0.15) is 11.3 Å². The number of aromatic amines is 1. The number of nitrogens with zero attached hydrogens (tertiary/aromatic N) is 2. The number of aromatic nitrogens is 2. The summed E-state index contributed by atoms with van der Waals surface area (Å²) >= 11 is 0. The lowest BCUT2D eigenvalue weighted by Gasteiger charge is -2.03. The monoisotopic (exact) mass is 339 g/mol. The van der Waals surface area contributed by atoms with Gasteiger partial charge in [-0.1, -0.05) is 0 Å². The highest BCUT2D eigenvalue weighted by atomic mass is 16.6. The quantitative estimate of drug-likeness (QED) is 0.428. The SMILES string of the molecule is COc1ccc(/C(O)=C/c2nc3ccc([N+](=O)[O-])cc3[nH]c2=O)cc1. The number of non-ortho nitro benzene ring substituents is 1. The van der Waals surface area contributed by atoms with Crippen molar-refractivity contribution in [1.82, 2.24) is 9.97 Å². The Morgan fingerprint density at radius 3 is 2.64 bits per heavy atom. The highest BCUT2D eigenvalue weighted by molar-refractivity contribution is 5.80. The van der Waals surface area contributed by atoms with Gasteiger partial charge in [0.25, 0.3) is 11.2 Å². The summed E-state index contributed by atoms with van der Waals surface area (Å²) < 4.78 is 5.04. The van der Waals surface area contributed by atoms with E-state index in [0.717, 1.165) is 0 Å². The van der Waals surface area contributed by atoms with Crippen molar-refractivity contribution in [2.24, 2.45) is 0 Å². The van der Waals surface area contributed by atoms with E-state index in [9.17, 15) is 20.0 Å². The molecule has 0 saturated carbocycles. The van der Waals surface area contributed by atoms with Crippen molar-refractivity contribution in [2.45, 2.75) is 0 Å². The van der Waals surface area contributed by atoms with Gasteiger partial charge in [-0.25, -0.2) is 4.98 Å². The van der Waals surface area contributed by atoms with Gasteiger partial charge in [-0.05, 0) is 30.3 Å². The zero-order valence-corrected chi connectivity index (χ0v) is 13.1. The van der Waals surface area contributed by atoms with Crippen molar-refractivity contribution in [3.8, 4) is 5.75 Å². The number of ether oxygens (including phenoxy) is 1. The van der Waals surface area contributed by atoms with Crippen molar-refractivity contribution in [3.05, 3.63) is 74.2 Å². The van der Waals surface area contributed by atoms with E-state index in [-0.39, 0.29) is 22.7 Å². The van der Waals surface area contributed by atoms with Crippen LogP contribution in [0.3, 0.4) is 0 Å². The van der Waals surface area contributed by atoms with Crippen LogP contribution in [0.4, 0.5) is 5.69 Å². The van der Waals surface area contributed by atoms with Crippen molar-refractivity contribution in [1.29, 1.82) is 0 Å². The summed E-state index contributed by atoms with van der Waals surface area (Å²) in [6, 6.07) is 10.6. The Morgan fingerprint density at radius 1 is 1.28 bits per heavy atom. The van der Waals surface area contributed by atoms with E-state index >= 15 is 0 Å². The molecule has 0 aliphatic carbocycles. The minimum Gasteiger partial charge on any atom is -0.507 e. The molecule has 25 heavy (non-hydrogen) atoms. The number of hydrogen-bond acceptors (Lipinski definition) is 6. The van der Waals surface area contributed by atoms with Gasteiger partial charge >= 0.3 is 0 Å². The molecule has 8 nitrogen and oxygen atoms in total. The van der Waals surface area contributed by atoms with Gasteiger partial charge in [-0.2, -0.15) is 0 Å². The predicted molar refractivity (Wildman–Crippen MR) is 92.5 cm³/mol.